The van der Waals surface area contributed by atoms with Crippen LogP contribution in [0.15, 0.2) is 0 Å². The van der Waals surface area contributed by atoms with Gasteiger partial charge in [-0.3, -0.25) is 4.79 Å². The number of nitrogens with two attached hydrogens (primary N) is 1. The van der Waals surface area contributed by atoms with Crippen LogP contribution in [0.2, 0.25) is 0 Å². The quantitative estimate of drug-likeness (QED) is 0.706. The van der Waals surface area contributed by atoms with Crippen LogP contribution in [0, 0.1) is 5.92 Å². The maximum Gasteiger partial charge on any atom is 0.237 e. The van der Waals surface area contributed by atoms with E-state index in [1.807, 2.05) is 6.92 Å². The molecule has 0 spiro atoms. The van der Waals surface area contributed by atoms with Gasteiger partial charge in [-0.25, -0.2) is 0 Å². The van der Waals surface area contributed by atoms with Crippen molar-refractivity contribution in [2.75, 3.05) is 6.54 Å². The van der Waals surface area contributed by atoms with Crippen molar-refractivity contribution in [3.05, 3.63) is 0 Å². The monoisotopic (exact) mass is 226 g/mol. The minimum Gasteiger partial charge on any atom is -0.368 e. The molecule has 1 aliphatic carbocycles. The molecule has 1 rings (SSSR count). The normalized spacial score (nSPS) is 31.0. The summed E-state index contributed by atoms with van der Waals surface area (Å²) in [5.41, 5.74) is 5.16. The summed E-state index contributed by atoms with van der Waals surface area (Å²) in [6.45, 7) is 5.09. The first-order valence-electron chi connectivity index (χ1n) is 6.69. The van der Waals surface area contributed by atoms with Crippen LogP contribution in [0.1, 0.15) is 58.8 Å². The van der Waals surface area contributed by atoms with Crippen LogP contribution >= 0.6 is 0 Å². The minimum absolute atomic E-state index is 0.161. The van der Waals surface area contributed by atoms with Crippen molar-refractivity contribution in [1.82, 2.24) is 5.32 Å². The number of hydrogen-bond acceptors (Lipinski definition) is 2. The lowest BCUT2D eigenvalue weighted by molar-refractivity contribution is -0.125. The fraction of sp³-hybridized carbons (Fsp3) is 0.923. The van der Waals surface area contributed by atoms with Gasteiger partial charge in [-0.05, 0) is 31.7 Å². The Morgan fingerprint density at radius 2 is 2.12 bits per heavy atom. The molecule has 0 radical (unpaired) electrons. The maximum absolute atomic E-state index is 11.6. The van der Waals surface area contributed by atoms with E-state index in [9.17, 15) is 4.79 Å². The van der Waals surface area contributed by atoms with E-state index in [1.165, 1.54) is 19.3 Å². The van der Waals surface area contributed by atoms with E-state index in [0.717, 1.165) is 38.1 Å². The van der Waals surface area contributed by atoms with Gasteiger partial charge in [-0.1, -0.05) is 39.5 Å². The van der Waals surface area contributed by atoms with Gasteiger partial charge in [0.15, 0.2) is 0 Å². The molecule has 0 aliphatic heterocycles. The lowest BCUT2D eigenvalue weighted by Crippen LogP contribution is -2.55. The predicted molar refractivity (Wildman–Crippen MR) is 67.1 cm³/mol. The minimum atomic E-state index is -0.419. The van der Waals surface area contributed by atoms with E-state index in [4.69, 9.17) is 5.73 Å². The molecule has 2 atom stereocenters. The Morgan fingerprint density at radius 3 is 2.69 bits per heavy atom. The Morgan fingerprint density at radius 1 is 1.38 bits per heavy atom. The summed E-state index contributed by atoms with van der Waals surface area (Å²) in [6.07, 6.45) is 7.90. The lowest BCUT2D eigenvalue weighted by atomic mass is 9.88. The largest absolute Gasteiger partial charge is 0.368 e. The molecule has 0 bridgehead atoms. The van der Waals surface area contributed by atoms with Gasteiger partial charge in [0, 0.05) is 0 Å². The molecule has 0 aromatic rings. The number of amides is 1. The molecule has 1 fully saturated rings. The molecule has 94 valence electrons. The fourth-order valence-electron chi connectivity index (χ4n) is 2.96. The number of likely N-dealkylation sites (N-methyl/N-ethyl adjacent to an activating group) is 1. The summed E-state index contributed by atoms with van der Waals surface area (Å²) in [4.78, 5) is 11.6. The van der Waals surface area contributed by atoms with E-state index in [-0.39, 0.29) is 5.91 Å². The maximum atomic E-state index is 11.6. The summed E-state index contributed by atoms with van der Waals surface area (Å²) >= 11 is 0. The van der Waals surface area contributed by atoms with Gasteiger partial charge in [0.05, 0.1) is 5.54 Å². The number of primary amides is 1. The van der Waals surface area contributed by atoms with E-state index in [1.54, 1.807) is 0 Å². The van der Waals surface area contributed by atoms with Crippen LogP contribution in [-0.4, -0.2) is 18.0 Å². The lowest BCUT2D eigenvalue weighted by Gasteiger charge is -2.30. The third kappa shape index (κ3) is 3.21. The summed E-state index contributed by atoms with van der Waals surface area (Å²) in [5.74, 6) is 0.636. The second-order valence-corrected chi connectivity index (χ2v) is 5.06. The first-order valence-corrected chi connectivity index (χ1v) is 6.69. The Hall–Kier alpha value is -0.570. The Labute approximate surface area is 99.2 Å². The number of rotatable bonds is 5. The summed E-state index contributed by atoms with van der Waals surface area (Å²) in [5, 5.41) is 3.33. The molecule has 16 heavy (non-hydrogen) atoms. The van der Waals surface area contributed by atoms with E-state index in [0.29, 0.717) is 0 Å². The van der Waals surface area contributed by atoms with Crippen LogP contribution in [0.3, 0.4) is 0 Å². The average Bonchev–Trinajstić information content (AvgIpc) is 2.44. The van der Waals surface area contributed by atoms with Gasteiger partial charge in [-0.2, -0.15) is 0 Å². The summed E-state index contributed by atoms with van der Waals surface area (Å²) in [6, 6.07) is 0. The third-order valence-corrected chi connectivity index (χ3v) is 3.88. The van der Waals surface area contributed by atoms with Crippen LogP contribution in [0.4, 0.5) is 0 Å². The molecule has 2 unspecified atom stereocenters. The Balaban J connectivity index is 2.63. The molecule has 0 saturated heterocycles. The number of nitrogens with one attached hydrogen (secondary N) is 1. The first-order chi connectivity index (χ1) is 7.64. The molecule has 3 heteroatoms. The number of carbonyl (C=O) groups excluding carboxylic acids is 1. The first kappa shape index (κ1) is 13.5. The Bertz CT molecular complexity index is 230. The topological polar surface area (TPSA) is 55.1 Å². The van der Waals surface area contributed by atoms with Crippen molar-refractivity contribution < 1.29 is 4.79 Å². The van der Waals surface area contributed by atoms with Gasteiger partial charge in [0.1, 0.15) is 0 Å². The average molecular weight is 226 g/mol. The molecule has 0 aromatic carbocycles. The second kappa shape index (κ2) is 6.24. The molecule has 3 N–H and O–H groups in total. The van der Waals surface area contributed by atoms with Crippen molar-refractivity contribution in [2.24, 2.45) is 11.7 Å². The van der Waals surface area contributed by atoms with Crippen molar-refractivity contribution >= 4 is 5.91 Å². The van der Waals surface area contributed by atoms with Crippen molar-refractivity contribution in [2.45, 2.75) is 64.3 Å². The van der Waals surface area contributed by atoms with Crippen molar-refractivity contribution in [3.8, 4) is 0 Å². The highest BCUT2D eigenvalue weighted by atomic mass is 16.1. The summed E-state index contributed by atoms with van der Waals surface area (Å²) < 4.78 is 0. The van der Waals surface area contributed by atoms with Gasteiger partial charge in [0.25, 0.3) is 0 Å². The van der Waals surface area contributed by atoms with Gasteiger partial charge < -0.3 is 11.1 Å². The molecule has 0 heterocycles. The second-order valence-electron chi connectivity index (χ2n) is 5.06. The number of hydrogen-bond donors (Lipinski definition) is 2. The zero-order chi connectivity index (χ0) is 12.0. The van der Waals surface area contributed by atoms with Gasteiger partial charge in [-0.15, -0.1) is 0 Å². The molecule has 3 nitrogen and oxygen atoms in total. The third-order valence-electron chi connectivity index (χ3n) is 3.88. The van der Waals surface area contributed by atoms with Crippen LogP contribution < -0.4 is 11.1 Å². The zero-order valence-electron chi connectivity index (χ0n) is 10.7. The molecular formula is C13H26N2O. The Kier molecular flexibility index (Phi) is 5.26. The van der Waals surface area contributed by atoms with E-state index >= 15 is 0 Å². The zero-order valence-corrected chi connectivity index (χ0v) is 10.7. The van der Waals surface area contributed by atoms with Crippen molar-refractivity contribution in [1.29, 1.82) is 0 Å². The standard InChI is InChI=1S/C13H26N2O/c1-3-6-11-7-5-9-13(10-8-11,12(14)16)15-4-2/h11,15H,3-10H2,1-2H3,(H2,14,16). The van der Waals surface area contributed by atoms with Crippen LogP contribution in [-0.2, 0) is 4.79 Å². The highest BCUT2D eigenvalue weighted by Gasteiger charge is 2.37. The smallest absolute Gasteiger partial charge is 0.237 e. The fourth-order valence-corrected chi connectivity index (χ4v) is 2.96. The van der Waals surface area contributed by atoms with Gasteiger partial charge >= 0.3 is 0 Å². The highest BCUT2D eigenvalue weighted by Crippen LogP contribution is 2.32. The molecular weight excluding hydrogens is 200 g/mol. The van der Waals surface area contributed by atoms with Crippen LogP contribution in [0.25, 0.3) is 0 Å². The van der Waals surface area contributed by atoms with E-state index < -0.39 is 5.54 Å². The molecule has 0 aromatic heterocycles. The number of carbonyl (C=O) groups is 1. The van der Waals surface area contributed by atoms with Crippen molar-refractivity contribution in [3.63, 3.8) is 0 Å². The predicted octanol–water partition coefficient (Wildman–Crippen LogP) is 2.20. The molecule has 1 aliphatic rings. The van der Waals surface area contributed by atoms with Gasteiger partial charge in [0.2, 0.25) is 5.91 Å². The SMILES string of the molecule is CCCC1CCCC(NCC)(C(N)=O)CC1. The molecule has 1 saturated carbocycles. The summed E-state index contributed by atoms with van der Waals surface area (Å²) in [7, 11) is 0. The van der Waals surface area contributed by atoms with Crippen LogP contribution in [0.5, 0.6) is 0 Å². The molecule has 1 amide bonds. The highest BCUT2D eigenvalue weighted by molar-refractivity contribution is 5.84. The van der Waals surface area contributed by atoms with E-state index in [2.05, 4.69) is 12.2 Å².